The SMILES string of the molecule is CC(C)(C)CC(=O)N1CCN(CCC(F)(F)F)CC1. The van der Waals surface area contributed by atoms with Crippen molar-refractivity contribution in [2.75, 3.05) is 32.7 Å². The molecule has 0 radical (unpaired) electrons. The summed E-state index contributed by atoms with van der Waals surface area (Å²) >= 11 is 0. The van der Waals surface area contributed by atoms with E-state index in [2.05, 4.69) is 0 Å². The first-order valence-corrected chi connectivity index (χ1v) is 6.64. The fourth-order valence-electron chi connectivity index (χ4n) is 2.07. The molecule has 1 aliphatic rings. The number of carbonyl (C=O) groups is 1. The van der Waals surface area contributed by atoms with Gasteiger partial charge in [-0.15, -0.1) is 0 Å². The molecule has 0 unspecified atom stereocenters. The first kappa shape index (κ1) is 16.3. The normalized spacial score (nSPS) is 18.7. The Balaban J connectivity index is 2.31. The maximum atomic E-state index is 12.1. The van der Waals surface area contributed by atoms with Crippen LogP contribution in [0.4, 0.5) is 13.2 Å². The number of amides is 1. The molecule has 1 aliphatic heterocycles. The number of hydrogen-bond donors (Lipinski definition) is 0. The Morgan fingerprint density at radius 3 is 2.00 bits per heavy atom. The van der Waals surface area contributed by atoms with Crippen LogP contribution in [-0.2, 0) is 4.79 Å². The second kappa shape index (κ2) is 6.11. The average molecular weight is 280 g/mol. The van der Waals surface area contributed by atoms with Gasteiger partial charge in [-0.2, -0.15) is 13.2 Å². The summed E-state index contributed by atoms with van der Waals surface area (Å²) < 4.78 is 36.3. The zero-order valence-electron chi connectivity index (χ0n) is 11.9. The Kier molecular flexibility index (Phi) is 5.24. The monoisotopic (exact) mass is 280 g/mol. The molecule has 0 aromatic rings. The number of alkyl halides is 3. The van der Waals surface area contributed by atoms with Crippen molar-refractivity contribution in [2.45, 2.75) is 39.8 Å². The van der Waals surface area contributed by atoms with Gasteiger partial charge in [-0.05, 0) is 5.41 Å². The lowest BCUT2D eigenvalue weighted by Gasteiger charge is -2.36. The smallest absolute Gasteiger partial charge is 0.340 e. The minimum absolute atomic E-state index is 0.0325. The maximum Gasteiger partial charge on any atom is 0.390 e. The van der Waals surface area contributed by atoms with E-state index in [4.69, 9.17) is 0 Å². The quantitative estimate of drug-likeness (QED) is 0.793. The van der Waals surface area contributed by atoms with Gasteiger partial charge in [0.25, 0.3) is 0 Å². The molecule has 1 rings (SSSR count). The molecule has 0 aromatic carbocycles. The van der Waals surface area contributed by atoms with Crippen molar-refractivity contribution < 1.29 is 18.0 Å². The van der Waals surface area contributed by atoms with Crippen LogP contribution in [0, 0.1) is 5.41 Å². The number of rotatable bonds is 3. The lowest BCUT2D eigenvalue weighted by Crippen LogP contribution is -2.49. The highest BCUT2D eigenvalue weighted by molar-refractivity contribution is 5.76. The standard InChI is InChI=1S/C13H23F3N2O/c1-12(2,3)10-11(19)18-8-6-17(7-9-18)5-4-13(14,15)16/h4-10H2,1-3H3. The van der Waals surface area contributed by atoms with Crippen LogP contribution in [-0.4, -0.2) is 54.6 Å². The van der Waals surface area contributed by atoms with Crippen molar-refractivity contribution in [3.8, 4) is 0 Å². The van der Waals surface area contributed by atoms with E-state index in [1.54, 1.807) is 9.80 Å². The van der Waals surface area contributed by atoms with Gasteiger partial charge in [0.15, 0.2) is 0 Å². The van der Waals surface area contributed by atoms with E-state index in [0.29, 0.717) is 32.6 Å². The largest absolute Gasteiger partial charge is 0.390 e. The number of carbonyl (C=O) groups excluding carboxylic acids is 1. The van der Waals surface area contributed by atoms with Gasteiger partial charge in [0.05, 0.1) is 6.42 Å². The number of halogens is 3. The molecule has 1 fully saturated rings. The first-order valence-electron chi connectivity index (χ1n) is 6.64. The van der Waals surface area contributed by atoms with Gasteiger partial charge in [-0.1, -0.05) is 20.8 Å². The predicted molar refractivity (Wildman–Crippen MR) is 67.8 cm³/mol. The molecule has 0 saturated carbocycles. The molecular weight excluding hydrogens is 257 g/mol. The second-order valence-corrected chi connectivity index (χ2v) is 6.33. The Hall–Kier alpha value is -0.780. The second-order valence-electron chi connectivity index (χ2n) is 6.33. The lowest BCUT2D eigenvalue weighted by molar-refractivity contribution is -0.142. The Morgan fingerprint density at radius 1 is 1.05 bits per heavy atom. The van der Waals surface area contributed by atoms with Crippen LogP contribution in [0.3, 0.4) is 0 Å². The molecule has 19 heavy (non-hydrogen) atoms. The zero-order valence-corrected chi connectivity index (χ0v) is 11.9. The van der Waals surface area contributed by atoms with E-state index in [9.17, 15) is 18.0 Å². The zero-order chi connectivity index (χ0) is 14.7. The fraction of sp³-hybridized carbons (Fsp3) is 0.923. The summed E-state index contributed by atoms with van der Waals surface area (Å²) in [5.74, 6) is 0.1000. The molecular formula is C13H23F3N2O. The molecule has 0 N–H and O–H groups in total. The third kappa shape index (κ3) is 6.80. The molecule has 0 atom stereocenters. The number of hydrogen-bond acceptors (Lipinski definition) is 2. The highest BCUT2D eigenvalue weighted by Crippen LogP contribution is 2.22. The summed E-state index contributed by atoms with van der Waals surface area (Å²) in [7, 11) is 0. The van der Waals surface area contributed by atoms with Gasteiger partial charge in [0.1, 0.15) is 0 Å². The van der Waals surface area contributed by atoms with E-state index < -0.39 is 12.6 Å². The number of piperazine rings is 1. The Labute approximate surface area is 112 Å². The van der Waals surface area contributed by atoms with Crippen LogP contribution in [0.1, 0.15) is 33.6 Å². The highest BCUT2D eigenvalue weighted by atomic mass is 19.4. The van der Waals surface area contributed by atoms with Crippen molar-refractivity contribution in [1.82, 2.24) is 9.80 Å². The first-order chi connectivity index (χ1) is 8.57. The van der Waals surface area contributed by atoms with Crippen molar-refractivity contribution in [2.24, 2.45) is 5.41 Å². The molecule has 1 amide bonds. The van der Waals surface area contributed by atoms with Gasteiger partial charge in [-0.3, -0.25) is 9.69 Å². The highest BCUT2D eigenvalue weighted by Gasteiger charge is 2.29. The topological polar surface area (TPSA) is 23.6 Å². The van der Waals surface area contributed by atoms with Crippen molar-refractivity contribution in [3.63, 3.8) is 0 Å². The van der Waals surface area contributed by atoms with E-state index in [1.165, 1.54) is 0 Å². The Bertz CT molecular complexity index is 302. The van der Waals surface area contributed by atoms with E-state index in [1.807, 2.05) is 20.8 Å². The van der Waals surface area contributed by atoms with Gasteiger partial charge in [-0.25, -0.2) is 0 Å². The molecule has 0 aliphatic carbocycles. The average Bonchev–Trinajstić information content (AvgIpc) is 2.23. The van der Waals surface area contributed by atoms with Crippen LogP contribution < -0.4 is 0 Å². The van der Waals surface area contributed by atoms with E-state index in [-0.39, 0.29) is 17.9 Å². The van der Waals surface area contributed by atoms with Crippen LogP contribution >= 0.6 is 0 Å². The minimum Gasteiger partial charge on any atom is -0.340 e. The van der Waals surface area contributed by atoms with E-state index in [0.717, 1.165) is 0 Å². The van der Waals surface area contributed by atoms with Crippen LogP contribution in [0.5, 0.6) is 0 Å². The molecule has 112 valence electrons. The van der Waals surface area contributed by atoms with Crippen LogP contribution in [0.15, 0.2) is 0 Å². The third-order valence-electron chi connectivity index (χ3n) is 3.12. The van der Waals surface area contributed by atoms with E-state index >= 15 is 0 Å². The van der Waals surface area contributed by atoms with Crippen LogP contribution in [0.25, 0.3) is 0 Å². The van der Waals surface area contributed by atoms with Crippen LogP contribution in [0.2, 0.25) is 0 Å². The molecule has 3 nitrogen and oxygen atoms in total. The van der Waals surface area contributed by atoms with Gasteiger partial charge in [0, 0.05) is 39.1 Å². The molecule has 0 bridgehead atoms. The van der Waals surface area contributed by atoms with Gasteiger partial charge in [0.2, 0.25) is 5.91 Å². The number of nitrogens with zero attached hydrogens (tertiary/aromatic N) is 2. The summed E-state index contributed by atoms with van der Waals surface area (Å²) in [5, 5.41) is 0. The molecule has 0 spiro atoms. The summed E-state index contributed by atoms with van der Waals surface area (Å²) in [5.41, 5.74) is -0.0511. The molecule has 1 heterocycles. The third-order valence-corrected chi connectivity index (χ3v) is 3.12. The maximum absolute atomic E-state index is 12.1. The van der Waals surface area contributed by atoms with Gasteiger partial charge >= 0.3 is 6.18 Å². The fourth-order valence-corrected chi connectivity index (χ4v) is 2.07. The molecule has 6 heteroatoms. The minimum atomic E-state index is -4.10. The summed E-state index contributed by atoms with van der Waals surface area (Å²) in [6.45, 7) is 8.18. The predicted octanol–water partition coefficient (Wildman–Crippen LogP) is 2.52. The van der Waals surface area contributed by atoms with Crippen molar-refractivity contribution in [3.05, 3.63) is 0 Å². The summed E-state index contributed by atoms with van der Waals surface area (Å²) in [6.07, 6.45) is -4.39. The molecule has 1 saturated heterocycles. The molecule has 0 aromatic heterocycles. The van der Waals surface area contributed by atoms with Gasteiger partial charge < -0.3 is 4.90 Å². The lowest BCUT2D eigenvalue weighted by atomic mass is 9.91. The summed E-state index contributed by atoms with van der Waals surface area (Å²) in [4.78, 5) is 15.5. The Morgan fingerprint density at radius 2 is 1.58 bits per heavy atom. The van der Waals surface area contributed by atoms with Crippen molar-refractivity contribution >= 4 is 5.91 Å². The summed E-state index contributed by atoms with van der Waals surface area (Å²) in [6, 6.07) is 0. The van der Waals surface area contributed by atoms with Crippen molar-refractivity contribution in [1.29, 1.82) is 0 Å².